The molecule has 0 N–H and O–H groups in total. The normalized spacial score (nSPS) is 12.4. The van der Waals surface area contributed by atoms with E-state index in [0.29, 0.717) is 5.56 Å². The van der Waals surface area contributed by atoms with E-state index in [1.54, 1.807) is 23.5 Å². The number of hydrogen-bond acceptors (Lipinski definition) is 4. The molecule has 27 heavy (non-hydrogen) atoms. The van der Waals surface area contributed by atoms with E-state index in [9.17, 15) is 0 Å². The van der Waals surface area contributed by atoms with E-state index in [1.807, 2.05) is 35.9 Å². The van der Waals surface area contributed by atoms with Crippen LogP contribution in [-0.2, 0) is 0 Å². The molecular formula is C21H19BrN4S. The molecule has 1 heterocycles. The van der Waals surface area contributed by atoms with Gasteiger partial charge in [-0.3, -0.25) is 4.99 Å². The van der Waals surface area contributed by atoms with Crippen LogP contribution in [0.2, 0.25) is 0 Å². The van der Waals surface area contributed by atoms with Gasteiger partial charge in [-0.05, 0) is 50.6 Å². The molecule has 0 saturated heterocycles. The van der Waals surface area contributed by atoms with Gasteiger partial charge in [0.2, 0.25) is 4.80 Å². The van der Waals surface area contributed by atoms with Crippen LogP contribution in [0.1, 0.15) is 31.9 Å². The molecule has 0 saturated carbocycles. The second-order valence-electron chi connectivity index (χ2n) is 6.32. The summed E-state index contributed by atoms with van der Waals surface area (Å²) in [5.74, 6) is 0. The van der Waals surface area contributed by atoms with Crippen LogP contribution in [0.15, 0.2) is 68.5 Å². The summed E-state index contributed by atoms with van der Waals surface area (Å²) in [6, 6.07) is 17.9. The van der Waals surface area contributed by atoms with Crippen molar-refractivity contribution < 1.29 is 0 Å². The summed E-state index contributed by atoms with van der Waals surface area (Å²) >= 11 is 5.12. The number of halogens is 1. The number of hydrogen-bond donors (Lipinski definition) is 0. The monoisotopic (exact) mass is 438 g/mol. The molecule has 0 spiro atoms. The molecule has 136 valence electrons. The van der Waals surface area contributed by atoms with Crippen LogP contribution in [0.25, 0.3) is 11.3 Å². The van der Waals surface area contributed by atoms with E-state index < -0.39 is 0 Å². The fourth-order valence-corrected chi connectivity index (χ4v) is 3.91. The van der Waals surface area contributed by atoms with E-state index in [2.05, 4.69) is 53.4 Å². The summed E-state index contributed by atoms with van der Waals surface area (Å²) in [7, 11) is 0. The molecule has 0 aliphatic carbocycles. The van der Waals surface area contributed by atoms with Crippen molar-refractivity contribution in [2.75, 3.05) is 0 Å². The van der Waals surface area contributed by atoms with E-state index in [-0.39, 0.29) is 6.04 Å². The van der Waals surface area contributed by atoms with Crippen molar-refractivity contribution in [3.8, 4) is 17.3 Å². The van der Waals surface area contributed by atoms with Crippen LogP contribution in [0, 0.1) is 11.3 Å². The summed E-state index contributed by atoms with van der Waals surface area (Å²) in [6.45, 7) is 6.08. The summed E-state index contributed by atoms with van der Waals surface area (Å²) in [4.78, 5) is 5.58. The van der Waals surface area contributed by atoms with Gasteiger partial charge in [0.15, 0.2) is 0 Å². The van der Waals surface area contributed by atoms with E-state index >= 15 is 0 Å². The van der Waals surface area contributed by atoms with E-state index in [4.69, 9.17) is 15.4 Å². The Bertz CT molecular complexity index is 1080. The lowest BCUT2D eigenvalue weighted by Crippen LogP contribution is -2.16. The number of thiazole rings is 1. The van der Waals surface area contributed by atoms with Gasteiger partial charge in [0, 0.05) is 21.5 Å². The van der Waals surface area contributed by atoms with Crippen LogP contribution in [-0.4, -0.2) is 16.4 Å². The van der Waals surface area contributed by atoms with Crippen LogP contribution in [0.3, 0.4) is 0 Å². The molecule has 0 aliphatic rings. The lowest BCUT2D eigenvalue weighted by atomic mass is 10.1. The fourth-order valence-electron chi connectivity index (χ4n) is 2.55. The van der Waals surface area contributed by atoms with Crippen molar-refractivity contribution in [1.29, 1.82) is 5.26 Å². The lowest BCUT2D eigenvalue weighted by Gasteiger charge is -2.07. The molecule has 0 bridgehead atoms. The predicted octanol–water partition coefficient (Wildman–Crippen LogP) is 5.43. The molecule has 0 aliphatic heterocycles. The van der Waals surface area contributed by atoms with E-state index in [1.165, 1.54) is 0 Å². The number of aromatic nitrogens is 1. The molecular weight excluding hydrogens is 420 g/mol. The highest BCUT2D eigenvalue weighted by Crippen LogP contribution is 2.24. The molecule has 0 amide bonds. The summed E-state index contributed by atoms with van der Waals surface area (Å²) in [5.41, 5.74) is 4.54. The number of nitriles is 1. The third kappa shape index (κ3) is 4.62. The van der Waals surface area contributed by atoms with Gasteiger partial charge in [-0.2, -0.15) is 10.4 Å². The Morgan fingerprint density at radius 3 is 2.56 bits per heavy atom. The van der Waals surface area contributed by atoms with Gasteiger partial charge < -0.3 is 0 Å². The molecule has 3 rings (SSSR count). The highest BCUT2D eigenvalue weighted by molar-refractivity contribution is 9.10. The molecule has 1 aromatic heterocycles. The molecule has 2 aromatic carbocycles. The van der Waals surface area contributed by atoms with E-state index in [0.717, 1.165) is 31.8 Å². The minimum atomic E-state index is 0.177. The van der Waals surface area contributed by atoms with Gasteiger partial charge in [-0.25, -0.2) is 4.68 Å². The van der Waals surface area contributed by atoms with Gasteiger partial charge in [0.1, 0.15) is 0 Å². The second kappa shape index (κ2) is 8.47. The number of rotatable bonds is 4. The standard InChI is InChI=1S/C21H19BrN4S/c1-14(2)24-21-26(20(13-27-21)18-5-4-6-19(22)11-18)25-15(3)17-9-7-16(12-23)8-10-17/h4-11,13-14H,1-3H3. The maximum absolute atomic E-state index is 8.98. The number of nitrogens with zero attached hydrogens (tertiary/aromatic N) is 4. The zero-order chi connectivity index (χ0) is 19.4. The van der Waals surface area contributed by atoms with Crippen LogP contribution >= 0.6 is 27.3 Å². The van der Waals surface area contributed by atoms with Crippen molar-refractivity contribution in [2.45, 2.75) is 26.8 Å². The highest BCUT2D eigenvalue weighted by Gasteiger charge is 2.10. The minimum absolute atomic E-state index is 0.177. The van der Waals surface area contributed by atoms with Crippen LogP contribution < -0.4 is 4.80 Å². The Hall–Kier alpha value is -2.49. The average Bonchev–Trinajstić information content (AvgIpc) is 3.03. The summed E-state index contributed by atoms with van der Waals surface area (Å²) in [5, 5.41) is 15.9. The zero-order valence-corrected chi connectivity index (χ0v) is 17.8. The Labute approximate surface area is 171 Å². The van der Waals surface area contributed by atoms with Gasteiger partial charge in [0.05, 0.1) is 23.0 Å². The molecule has 4 nitrogen and oxygen atoms in total. The first kappa shape index (κ1) is 19.3. The Morgan fingerprint density at radius 2 is 1.93 bits per heavy atom. The molecule has 0 fully saturated rings. The third-order valence-electron chi connectivity index (χ3n) is 3.86. The number of benzene rings is 2. The Balaban J connectivity index is 2.14. The first-order valence-corrected chi connectivity index (χ1v) is 10.2. The van der Waals surface area contributed by atoms with Gasteiger partial charge >= 0.3 is 0 Å². The maximum atomic E-state index is 8.98. The first-order chi connectivity index (χ1) is 13.0. The predicted molar refractivity (Wildman–Crippen MR) is 115 cm³/mol. The minimum Gasteiger partial charge on any atom is -0.255 e. The fraction of sp³-hybridized carbons (Fsp3) is 0.190. The average molecular weight is 439 g/mol. The molecule has 6 heteroatoms. The summed E-state index contributed by atoms with van der Waals surface area (Å²) in [6.07, 6.45) is 0. The molecule has 0 radical (unpaired) electrons. The van der Waals surface area contributed by atoms with Crippen molar-refractivity contribution in [1.82, 2.24) is 4.68 Å². The topological polar surface area (TPSA) is 53.4 Å². The van der Waals surface area contributed by atoms with Crippen LogP contribution in [0.5, 0.6) is 0 Å². The second-order valence-corrected chi connectivity index (χ2v) is 8.08. The van der Waals surface area contributed by atoms with Crippen molar-refractivity contribution >= 4 is 33.0 Å². The van der Waals surface area contributed by atoms with Crippen molar-refractivity contribution in [3.05, 3.63) is 74.3 Å². The molecule has 0 unspecified atom stereocenters. The molecule has 0 atom stereocenters. The highest BCUT2D eigenvalue weighted by atomic mass is 79.9. The Kier molecular flexibility index (Phi) is 6.04. The molecule has 3 aromatic rings. The lowest BCUT2D eigenvalue weighted by molar-refractivity contribution is 0.753. The quantitative estimate of drug-likeness (QED) is 0.500. The van der Waals surface area contributed by atoms with Gasteiger partial charge in [-0.15, -0.1) is 11.3 Å². The third-order valence-corrected chi connectivity index (χ3v) is 5.18. The largest absolute Gasteiger partial charge is 0.255 e. The SMILES string of the molecule is CC(=Nn1c(-c2cccc(Br)c2)csc1=NC(C)C)c1ccc(C#N)cc1. The Morgan fingerprint density at radius 1 is 1.19 bits per heavy atom. The van der Waals surface area contributed by atoms with Gasteiger partial charge in [0.25, 0.3) is 0 Å². The summed E-state index contributed by atoms with van der Waals surface area (Å²) < 4.78 is 2.92. The van der Waals surface area contributed by atoms with Crippen molar-refractivity contribution in [3.63, 3.8) is 0 Å². The smallest absolute Gasteiger partial charge is 0.206 e. The zero-order valence-electron chi connectivity index (χ0n) is 15.3. The van der Waals surface area contributed by atoms with Crippen LogP contribution in [0.4, 0.5) is 0 Å². The van der Waals surface area contributed by atoms with Gasteiger partial charge in [-0.1, -0.05) is 40.2 Å². The van der Waals surface area contributed by atoms with Crippen molar-refractivity contribution in [2.24, 2.45) is 10.1 Å². The maximum Gasteiger partial charge on any atom is 0.206 e. The first-order valence-electron chi connectivity index (χ1n) is 8.54.